The summed E-state index contributed by atoms with van der Waals surface area (Å²) in [6.07, 6.45) is 5.94. The van der Waals surface area contributed by atoms with Crippen molar-refractivity contribution >= 4 is 5.78 Å². The normalized spacial score (nSPS) is 17.2. The number of hydrogen-bond acceptors (Lipinski definition) is 4. The van der Waals surface area contributed by atoms with E-state index in [9.17, 15) is 9.90 Å². The van der Waals surface area contributed by atoms with Gasteiger partial charge in [-0.05, 0) is 50.6 Å². The fourth-order valence-electron chi connectivity index (χ4n) is 3.28. The van der Waals surface area contributed by atoms with Crippen LogP contribution in [0.25, 0.3) is 0 Å². The van der Waals surface area contributed by atoms with Gasteiger partial charge in [-0.3, -0.25) is 9.69 Å². The number of ketones is 1. The first kappa shape index (κ1) is 18.0. The fraction of sp³-hybridized carbons (Fsp3) is 0.632. The Morgan fingerprint density at radius 3 is 2.48 bits per heavy atom. The maximum atomic E-state index is 11.2. The lowest BCUT2D eigenvalue weighted by atomic mass is 9.94. The molecule has 1 atom stereocenters. The fourth-order valence-corrected chi connectivity index (χ4v) is 3.28. The molecule has 1 N–H and O–H groups in total. The molecule has 128 valence electrons. The third-order valence-corrected chi connectivity index (χ3v) is 4.65. The van der Waals surface area contributed by atoms with Crippen molar-refractivity contribution in [2.75, 3.05) is 19.7 Å². The van der Waals surface area contributed by atoms with Crippen LogP contribution in [0.1, 0.15) is 56.3 Å². The van der Waals surface area contributed by atoms with E-state index in [0.29, 0.717) is 23.9 Å². The number of carbonyl (C=O) groups is 1. The molecule has 4 heteroatoms. The smallest absolute Gasteiger partial charge is 0.159 e. The van der Waals surface area contributed by atoms with Crippen molar-refractivity contribution < 1.29 is 14.6 Å². The lowest BCUT2D eigenvalue weighted by molar-refractivity contribution is 0.0463. The quantitative estimate of drug-likeness (QED) is 0.747. The molecule has 1 aromatic carbocycles. The summed E-state index contributed by atoms with van der Waals surface area (Å²) < 4.78 is 5.65. The minimum atomic E-state index is -0.496. The van der Waals surface area contributed by atoms with Gasteiger partial charge in [0.05, 0.1) is 0 Å². The summed E-state index contributed by atoms with van der Waals surface area (Å²) in [5, 5.41) is 10.3. The van der Waals surface area contributed by atoms with Crippen molar-refractivity contribution in [2.45, 2.75) is 58.1 Å². The lowest BCUT2D eigenvalue weighted by Gasteiger charge is -2.34. The minimum absolute atomic E-state index is 0.0441. The van der Waals surface area contributed by atoms with Crippen LogP contribution >= 0.6 is 0 Å². The van der Waals surface area contributed by atoms with Gasteiger partial charge < -0.3 is 9.84 Å². The molecule has 0 saturated heterocycles. The van der Waals surface area contributed by atoms with Crippen LogP contribution in [0.15, 0.2) is 24.3 Å². The average molecular weight is 319 g/mol. The van der Waals surface area contributed by atoms with Gasteiger partial charge in [0.2, 0.25) is 0 Å². The van der Waals surface area contributed by atoms with Gasteiger partial charge in [0.25, 0.3) is 0 Å². The predicted octanol–water partition coefficient (Wildman–Crippen LogP) is 3.28. The molecular formula is C19H29NO3. The van der Waals surface area contributed by atoms with Crippen molar-refractivity contribution in [1.29, 1.82) is 0 Å². The van der Waals surface area contributed by atoms with E-state index in [0.717, 1.165) is 6.54 Å². The molecule has 0 unspecified atom stereocenters. The maximum absolute atomic E-state index is 11.2. The van der Waals surface area contributed by atoms with Crippen molar-refractivity contribution in [3.8, 4) is 5.75 Å². The highest BCUT2D eigenvalue weighted by Crippen LogP contribution is 2.22. The second-order valence-corrected chi connectivity index (χ2v) is 6.42. The SMILES string of the molecule is CCN(C[C@@H](O)COc1ccc(C(C)=O)cc1)C1CCCCC1. The van der Waals surface area contributed by atoms with Crippen molar-refractivity contribution in [2.24, 2.45) is 0 Å². The third-order valence-electron chi connectivity index (χ3n) is 4.65. The van der Waals surface area contributed by atoms with Crippen LogP contribution in [-0.4, -0.2) is 47.6 Å². The number of rotatable bonds is 8. The van der Waals surface area contributed by atoms with Crippen LogP contribution < -0.4 is 4.74 Å². The molecule has 23 heavy (non-hydrogen) atoms. The Bertz CT molecular complexity index is 480. The standard InChI is InChI=1S/C19H29NO3/c1-3-20(17-7-5-4-6-8-17)13-18(22)14-23-19-11-9-16(10-12-19)15(2)21/h9-12,17-18,22H,3-8,13-14H2,1-2H3/t18-/m1/s1. The summed E-state index contributed by atoms with van der Waals surface area (Å²) in [6, 6.07) is 7.68. The Morgan fingerprint density at radius 2 is 1.91 bits per heavy atom. The van der Waals surface area contributed by atoms with E-state index in [1.54, 1.807) is 31.2 Å². The van der Waals surface area contributed by atoms with Gasteiger partial charge in [0, 0.05) is 18.2 Å². The van der Waals surface area contributed by atoms with E-state index in [4.69, 9.17) is 4.74 Å². The molecule has 1 saturated carbocycles. The van der Waals surface area contributed by atoms with Crippen LogP contribution in [0, 0.1) is 0 Å². The number of nitrogens with zero attached hydrogens (tertiary/aromatic N) is 1. The molecular weight excluding hydrogens is 290 g/mol. The monoisotopic (exact) mass is 319 g/mol. The number of ether oxygens (including phenoxy) is 1. The van der Waals surface area contributed by atoms with E-state index in [1.807, 2.05) is 0 Å². The Labute approximate surface area is 139 Å². The average Bonchev–Trinajstić information content (AvgIpc) is 2.59. The molecule has 0 radical (unpaired) electrons. The first-order chi connectivity index (χ1) is 11.1. The summed E-state index contributed by atoms with van der Waals surface area (Å²) in [4.78, 5) is 13.6. The summed E-state index contributed by atoms with van der Waals surface area (Å²) in [5.41, 5.74) is 0.673. The van der Waals surface area contributed by atoms with E-state index < -0.39 is 6.10 Å². The Morgan fingerprint density at radius 1 is 1.26 bits per heavy atom. The van der Waals surface area contributed by atoms with Crippen LogP contribution in [0.2, 0.25) is 0 Å². The number of hydrogen-bond donors (Lipinski definition) is 1. The first-order valence-electron chi connectivity index (χ1n) is 8.76. The summed E-state index contributed by atoms with van der Waals surface area (Å²) >= 11 is 0. The number of Topliss-reactive ketones (excluding diaryl/α,β-unsaturated/α-hetero) is 1. The van der Waals surface area contributed by atoms with Gasteiger partial charge >= 0.3 is 0 Å². The highest BCUT2D eigenvalue weighted by molar-refractivity contribution is 5.94. The maximum Gasteiger partial charge on any atom is 0.159 e. The molecule has 2 rings (SSSR count). The second-order valence-electron chi connectivity index (χ2n) is 6.42. The predicted molar refractivity (Wildman–Crippen MR) is 92.1 cm³/mol. The van der Waals surface area contributed by atoms with Crippen molar-refractivity contribution in [3.63, 3.8) is 0 Å². The zero-order valence-electron chi connectivity index (χ0n) is 14.3. The molecule has 4 nitrogen and oxygen atoms in total. The number of benzene rings is 1. The summed E-state index contributed by atoms with van der Waals surface area (Å²) in [5.74, 6) is 0.734. The van der Waals surface area contributed by atoms with Gasteiger partial charge in [-0.1, -0.05) is 26.2 Å². The lowest BCUT2D eigenvalue weighted by Crippen LogP contribution is -2.43. The van der Waals surface area contributed by atoms with Gasteiger partial charge in [0.15, 0.2) is 5.78 Å². The minimum Gasteiger partial charge on any atom is -0.491 e. The molecule has 1 aromatic rings. The van der Waals surface area contributed by atoms with Crippen LogP contribution in [-0.2, 0) is 0 Å². The second kappa shape index (κ2) is 9.04. The highest BCUT2D eigenvalue weighted by Gasteiger charge is 2.22. The zero-order valence-corrected chi connectivity index (χ0v) is 14.3. The van der Waals surface area contributed by atoms with Crippen LogP contribution in [0.5, 0.6) is 5.75 Å². The van der Waals surface area contributed by atoms with E-state index in [-0.39, 0.29) is 12.4 Å². The Balaban J connectivity index is 1.78. The molecule has 0 aliphatic heterocycles. The Kier molecular flexibility index (Phi) is 7.06. The van der Waals surface area contributed by atoms with Gasteiger partial charge in [0.1, 0.15) is 18.5 Å². The van der Waals surface area contributed by atoms with Crippen molar-refractivity contribution in [1.82, 2.24) is 4.90 Å². The van der Waals surface area contributed by atoms with Gasteiger partial charge in [-0.25, -0.2) is 0 Å². The number of aliphatic hydroxyl groups excluding tert-OH is 1. The number of likely N-dealkylation sites (N-methyl/N-ethyl adjacent to an activating group) is 1. The van der Waals surface area contributed by atoms with E-state index in [2.05, 4.69) is 11.8 Å². The molecule has 1 fully saturated rings. The molecule has 1 aliphatic rings. The number of carbonyl (C=O) groups excluding carboxylic acids is 1. The topological polar surface area (TPSA) is 49.8 Å². The van der Waals surface area contributed by atoms with Crippen LogP contribution in [0.3, 0.4) is 0 Å². The Hall–Kier alpha value is -1.39. The number of aliphatic hydroxyl groups is 1. The molecule has 0 spiro atoms. The van der Waals surface area contributed by atoms with Crippen LogP contribution in [0.4, 0.5) is 0 Å². The largest absolute Gasteiger partial charge is 0.491 e. The zero-order chi connectivity index (χ0) is 16.7. The van der Waals surface area contributed by atoms with E-state index in [1.165, 1.54) is 32.1 Å². The molecule has 0 amide bonds. The molecule has 0 bridgehead atoms. The van der Waals surface area contributed by atoms with Gasteiger partial charge in [-0.15, -0.1) is 0 Å². The third kappa shape index (κ3) is 5.63. The highest BCUT2D eigenvalue weighted by atomic mass is 16.5. The summed E-state index contributed by atoms with van der Waals surface area (Å²) in [6.45, 7) is 5.61. The molecule has 0 aromatic heterocycles. The summed E-state index contributed by atoms with van der Waals surface area (Å²) in [7, 11) is 0. The molecule has 1 aliphatic carbocycles. The van der Waals surface area contributed by atoms with Crippen molar-refractivity contribution in [3.05, 3.63) is 29.8 Å². The van der Waals surface area contributed by atoms with E-state index >= 15 is 0 Å². The molecule has 0 heterocycles. The van der Waals surface area contributed by atoms with Gasteiger partial charge in [-0.2, -0.15) is 0 Å². The first-order valence-corrected chi connectivity index (χ1v) is 8.76.